The van der Waals surface area contributed by atoms with Gasteiger partial charge in [0.25, 0.3) is 0 Å². The second kappa shape index (κ2) is 8.12. The first kappa shape index (κ1) is 18.8. The molecule has 140 valence electrons. The van der Waals surface area contributed by atoms with Crippen LogP contribution in [0.1, 0.15) is 48.2 Å². The minimum Gasteiger partial charge on any atom is -0.478 e. The lowest BCUT2D eigenvalue weighted by Crippen LogP contribution is -2.22. The molecule has 27 heavy (non-hydrogen) atoms. The summed E-state index contributed by atoms with van der Waals surface area (Å²) in [5.74, 6) is -0.918. The highest BCUT2D eigenvalue weighted by Gasteiger charge is 2.17. The largest absolute Gasteiger partial charge is 0.478 e. The number of benzene rings is 2. The van der Waals surface area contributed by atoms with Crippen molar-refractivity contribution < 1.29 is 14.7 Å². The highest BCUT2D eigenvalue weighted by molar-refractivity contribution is 5.93. The van der Waals surface area contributed by atoms with Gasteiger partial charge in [-0.25, -0.2) is 4.79 Å². The molecule has 0 bridgehead atoms. The van der Waals surface area contributed by atoms with Crippen LogP contribution in [0.25, 0.3) is 0 Å². The second-order valence-corrected chi connectivity index (χ2v) is 6.95. The number of anilines is 1. The third-order valence-corrected chi connectivity index (χ3v) is 4.70. The summed E-state index contributed by atoms with van der Waals surface area (Å²) in [5, 5.41) is 21.3. The van der Waals surface area contributed by atoms with Crippen LogP contribution in [0.15, 0.2) is 46.6 Å². The van der Waals surface area contributed by atoms with E-state index in [0.717, 1.165) is 24.1 Å². The number of rotatable bonds is 6. The van der Waals surface area contributed by atoms with Gasteiger partial charge in [0.15, 0.2) is 0 Å². The Labute approximate surface area is 158 Å². The van der Waals surface area contributed by atoms with Gasteiger partial charge >= 0.3 is 5.97 Å². The fourth-order valence-corrected chi connectivity index (χ4v) is 3.18. The van der Waals surface area contributed by atoms with E-state index in [2.05, 4.69) is 22.5 Å². The molecule has 6 heteroatoms. The molecule has 0 saturated heterocycles. The number of carboxylic acids is 1. The average Bonchev–Trinajstić information content (AvgIpc) is 2.64. The molecule has 0 fully saturated rings. The van der Waals surface area contributed by atoms with Crippen molar-refractivity contribution in [3.05, 3.63) is 53.1 Å². The molecule has 0 saturated carbocycles. The summed E-state index contributed by atoms with van der Waals surface area (Å²) in [7, 11) is 0. The second-order valence-electron chi connectivity index (χ2n) is 6.95. The van der Waals surface area contributed by atoms with E-state index in [1.54, 1.807) is 25.1 Å². The quantitative estimate of drug-likeness (QED) is 0.699. The molecule has 1 aliphatic rings. The van der Waals surface area contributed by atoms with E-state index in [1.165, 1.54) is 11.6 Å². The predicted octanol–water partition coefficient (Wildman–Crippen LogP) is 5.07. The smallest absolute Gasteiger partial charge is 0.337 e. The van der Waals surface area contributed by atoms with Gasteiger partial charge in [0.2, 0.25) is 0 Å². The minimum absolute atomic E-state index is 0.111. The zero-order valence-electron chi connectivity index (χ0n) is 15.5. The standard InChI is InChI=1S/C21H23N3O3/c1-13-7-9-15-12-20(16(10-8-14(2)25)11-19(15)22-13)24-23-18-6-4-3-5-17(18)21(26)27/h3-6,11-13,22H,7-10H2,1-2H3,(H,26,27)/t13-/m0/s1. The van der Waals surface area contributed by atoms with Gasteiger partial charge in [0.05, 0.1) is 11.3 Å². The first-order valence-electron chi connectivity index (χ1n) is 9.10. The fraction of sp³-hybridized carbons (Fsp3) is 0.333. The van der Waals surface area contributed by atoms with E-state index in [0.29, 0.717) is 30.3 Å². The van der Waals surface area contributed by atoms with Crippen LogP contribution in [0.3, 0.4) is 0 Å². The summed E-state index contributed by atoms with van der Waals surface area (Å²) in [4.78, 5) is 22.8. The first-order chi connectivity index (χ1) is 12.9. The number of azo groups is 1. The maximum Gasteiger partial charge on any atom is 0.337 e. The van der Waals surface area contributed by atoms with Crippen LogP contribution in [0.2, 0.25) is 0 Å². The van der Waals surface area contributed by atoms with Crippen LogP contribution in [-0.4, -0.2) is 22.9 Å². The fourth-order valence-electron chi connectivity index (χ4n) is 3.18. The number of nitrogens with one attached hydrogen (secondary N) is 1. The molecule has 0 aliphatic carbocycles. The number of Topliss-reactive ketones (excluding diaryl/α,β-unsaturated/α-hetero) is 1. The Bertz CT molecular complexity index is 906. The van der Waals surface area contributed by atoms with E-state index in [4.69, 9.17) is 0 Å². The van der Waals surface area contributed by atoms with Crippen molar-refractivity contribution in [1.82, 2.24) is 0 Å². The molecule has 0 unspecified atom stereocenters. The van der Waals surface area contributed by atoms with Gasteiger partial charge in [-0.3, -0.25) is 0 Å². The number of hydrogen-bond acceptors (Lipinski definition) is 5. The average molecular weight is 365 g/mol. The number of nitrogens with zero attached hydrogens (tertiary/aromatic N) is 2. The lowest BCUT2D eigenvalue weighted by molar-refractivity contribution is -0.116. The number of carbonyl (C=O) groups excluding carboxylic acids is 1. The number of hydrogen-bond donors (Lipinski definition) is 2. The van der Waals surface area contributed by atoms with Crippen molar-refractivity contribution in [3.63, 3.8) is 0 Å². The highest BCUT2D eigenvalue weighted by Crippen LogP contribution is 2.34. The zero-order valence-corrected chi connectivity index (χ0v) is 15.5. The molecule has 0 spiro atoms. The van der Waals surface area contributed by atoms with Crippen molar-refractivity contribution in [2.45, 2.75) is 45.6 Å². The first-order valence-corrected chi connectivity index (χ1v) is 9.10. The number of carbonyl (C=O) groups is 2. The maximum absolute atomic E-state index is 11.4. The van der Waals surface area contributed by atoms with Crippen LogP contribution >= 0.6 is 0 Å². The molecule has 1 heterocycles. The SMILES string of the molecule is CC(=O)CCc1cc2c(cc1N=Nc1ccccc1C(=O)O)CC[C@H](C)N2. The van der Waals surface area contributed by atoms with Crippen LogP contribution in [0.5, 0.6) is 0 Å². The van der Waals surface area contributed by atoms with Gasteiger partial charge in [-0.05, 0) is 68.5 Å². The van der Waals surface area contributed by atoms with E-state index in [-0.39, 0.29) is 11.3 Å². The Balaban J connectivity index is 1.98. The molecule has 0 amide bonds. The summed E-state index contributed by atoms with van der Waals surface area (Å²) in [6, 6.07) is 11.0. The molecule has 2 aromatic rings. The van der Waals surface area contributed by atoms with Gasteiger partial charge in [-0.15, -0.1) is 5.11 Å². The van der Waals surface area contributed by atoms with Gasteiger partial charge < -0.3 is 15.2 Å². The molecule has 2 N–H and O–H groups in total. The van der Waals surface area contributed by atoms with Gasteiger partial charge in [0, 0.05) is 18.2 Å². The molecule has 1 aliphatic heterocycles. The third-order valence-electron chi connectivity index (χ3n) is 4.70. The molecule has 1 atom stereocenters. The van der Waals surface area contributed by atoms with Crippen LogP contribution < -0.4 is 5.32 Å². The monoisotopic (exact) mass is 365 g/mol. The van der Waals surface area contributed by atoms with E-state index in [1.807, 2.05) is 12.1 Å². The highest BCUT2D eigenvalue weighted by atomic mass is 16.4. The normalized spacial score (nSPS) is 16.0. The molecule has 3 rings (SSSR count). The Morgan fingerprint density at radius 3 is 2.67 bits per heavy atom. The van der Waals surface area contributed by atoms with E-state index in [9.17, 15) is 14.7 Å². The molecule has 0 radical (unpaired) electrons. The summed E-state index contributed by atoms with van der Waals surface area (Å²) in [6.07, 6.45) is 3.00. The van der Waals surface area contributed by atoms with Crippen LogP contribution in [0.4, 0.5) is 17.1 Å². The summed E-state index contributed by atoms with van der Waals surface area (Å²) >= 11 is 0. The van der Waals surface area contributed by atoms with Gasteiger partial charge in [-0.1, -0.05) is 12.1 Å². The molecule has 0 aromatic heterocycles. The Morgan fingerprint density at radius 2 is 1.93 bits per heavy atom. The number of ketones is 1. The van der Waals surface area contributed by atoms with E-state index >= 15 is 0 Å². The van der Waals surface area contributed by atoms with Crippen molar-refractivity contribution >= 4 is 28.8 Å². The Morgan fingerprint density at radius 1 is 1.19 bits per heavy atom. The molecule has 2 aromatic carbocycles. The van der Waals surface area contributed by atoms with Crippen LogP contribution in [0, 0.1) is 0 Å². The Kier molecular flexibility index (Phi) is 5.64. The molecule has 6 nitrogen and oxygen atoms in total. The minimum atomic E-state index is -1.04. The van der Waals surface area contributed by atoms with Gasteiger partial charge in [0.1, 0.15) is 11.5 Å². The number of aromatic carboxylic acids is 1. The van der Waals surface area contributed by atoms with Crippen molar-refractivity contribution in [2.24, 2.45) is 10.2 Å². The van der Waals surface area contributed by atoms with E-state index < -0.39 is 5.97 Å². The number of aryl methyl sites for hydroxylation is 2. The molecular weight excluding hydrogens is 342 g/mol. The molecular formula is C21H23N3O3. The zero-order chi connectivity index (χ0) is 19.4. The number of carboxylic acid groups (broad SMARTS) is 1. The Hall–Kier alpha value is -3.02. The third kappa shape index (κ3) is 4.58. The number of fused-ring (bicyclic) bond motifs is 1. The summed E-state index contributed by atoms with van der Waals surface area (Å²) in [6.45, 7) is 3.72. The van der Waals surface area contributed by atoms with Crippen LogP contribution in [-0.2, 0) is 17.6 Å². The van der Waals surface area contributed by atoms with Crippen molar-refractivity contribution in [3.8, 4) is 0 Å². The van der Waals surface area contributed by atoms with Crippen molar-refractivity contribution in [1.29, 1.82) is 0 Å². The maximum atomic E-state index is 11.4. The lowest BCUT2D eigenvalue weighted by Gasteiger charge is -2.25. The summed E-state index contributed by atoms with van der Waals surface area (Å²) < 4.78 is 0. The lowest BCUT2D eigenvalue weighted by atomic mass is 9.94. The topological polar surface area (TPSA) is 91.1 Å². The predicted molar refractivity (Wildman–Crippen MR) is 104 cm³/mol. The summed E-state index contributed by atoms with van der Waals surface area (Å²) in [5.41, 5.74) is 4.29. The van der Waals surface area contributed by atoms with Crippen molar-refractivity contribution in [2.75, 3.05) is 5.32 Å². The van der Waals surface area contributed by atoms with Gasteiger partial charge in [-0.2, -0.15) is 5.11 Å².